The lowest BCUT2D eigenvalue weighted by molar-refractivity contribution is -0.139. The lowest BCUT2D eigenvalue weighted by Crippen LogP contribution is -2.39. The highest BCUT2D eigenvalue weighted by Crippen LogP contribution is 2.17. The molecule has 0 spiro atoms. The van der Waals surface area contributed by atoms with Crippen LogP contribution in [-0.4, -0.2) is 23.5 Å². The second kappa shape index (κ2) is 34.8. The number of rotatable bonds is 35. The molecule has 5 nitrogen and oxygen atoms in total. The fourth-order valence-corrected chi connectivity index (χ4v) is 6.66. The van der Waals surface area contributed by atoms with Crippen LogP contribution in [0, 0.1) is 0 Å². The second-order valence-electron chi connectivity index (χ2n) is 14.6. The van der Waals surface area contributed by atoms with E-state index in [1.54, 1.807) is 24.3 Å². The van der Waals surface area contributed by atoms with Gasteiger partial charge in [0.15, 0.2) is 0 Å². The van der Waals surface area contributed by atoms with E-state index in [4.69, 9.17) is 0 Å². The molecule has 0 unspecified atom stereocenters. The first-order chi connectivity index (χ1) is 23.6. The van der Waals surface area contributed by atoms with Gasteiger partial charge in [0.05, 0.1) is 0 Å². The molecule has 0 saturated heterocycles. The highest BCUT2D eigenvalue weighted by atomic mass is 16.3. The monoisotopic (exact) mass is 671 g/mol. The van der Waals surface area contributed by atoms with E-state index < -0.39 is 11.8 Å². The average Bonchev–Trinajstić information content (AvgIpc) is 3.09. The van der Waals surface area contributed by atoms with E-state index in [2.05, 4.69) is 17.6 Å². The molecule has 0 aliphatic rings. The molecule has 0 bridgehead atoms. The molecule has 0 aliphatic carbocycles. The van der Waals surface area contributed by atoms with Crippen LogP contribution >= 0.6 is 0 Å². The Labute approximate surface area is 297 Å². The van der Waals surface area contributed by atoms with Gasteiger partial charge in [0, 0.05) is 13.1 Å². The Morgan fingerprint density at radius 3 is 1.00 bits per heavy atom. The van der Waals surface area contributed by atoms with Crippen molar-refractivity contribution in [2.45, 2.75) is 219 Å². The molecule has 0 radical (unpaired) electrons. The number of hydrogen-bond donors (Lipinski definition) is 3. The van der Waals surface area contributed by atoms with Gasteiger partial charge < -0.3 is 15.7 Å². The topological polar surface area (TPSA) is 78.4 Å². The Bertz CT molecular complexity index is 841. The SMILES string of the molecule is CCCCCCCCCCCCCCCCCCCCCCCCCCCCCCCCCCNC(=O)C(=O)NCc1ccc(O)cc1. The molecule has 2 amide bonds. The molecule has 3 N–H and O–H groups in total. The third-order valence-electron chi connectivity index (χ3n) is 9.91. The second-order valence-corrected chi connectivity index (χ2v) is 14.6. The van der Waals surface area contributed by atoms with Crippen molar-refractivity contribution in [3.05, 3.63) is 29.8 Å². The number of carbonyl (C=O) groups is 2. The third-order valence-corrected chi connectivity index (χ3v) is 9.91. The highest BCUT2D eigenvalue weighted by Gasteiger charge is 2.12. The summed E-state index contributed by atoms with van der Waals surface area (Å²) in [6.07, 6.45) is 44.7. The minimum atomic E-state index is -0.612. The molecular formula is C43H78N2O3. The molecule has 1 rings (SSSR count). The van der Waals surface area contributed by atoms with E-state index in [-0.39, 0.29) is 12.3 Å². The first-order valence-electron chi connectivity index (χ1n) is 21.0. The van der Waals surface area contributed by atoms with Crippen LogP contribution in [0.3, 0.4) is 0 Å². The normalized spacial score (nSPS) is 11.2. The number of aromatic hydroxyl groups is 1. The number of phenols is 1. The van der Waals surface area contributed by atoms with Crippen molar-refractivity contribution in [3.63, 3.8) is 0 Å². The van der Waals surface area contributed by atoms with E-state index in [1.807, 2.05) is 0 Å². The quantitative estimate of drug-likeness (QED) is 0.0497. The fraction of sp³-hybridized carbons (Fsp3) is 0.814. The molecule has 0 fully saturated rings. The minimum absolute atomic E-state index is 0.180. The van der Waals surface area contributed by atoms with Crippen LogP contribution in [-0.2, 0) is 16.1 Å². The lowest BCUT2D eigenvalue weighted by Gasteiger charge is -2.07. The Hall–Kier alpha value is -2.04. The number of phenolic OH excluding ortho intramolecular Hbond substituents is 1. The highest BCUT2D eigenvalue weighted by molar-refractivity contribution is 6.35. The molecule has 0 atom stereocenters. The number of carbonyl (C=O) groups excluding carboxylic acids is 2. The van der Waals surface area contributed by atoms with Crippen LogP contribution in [0.2, 0.25) is 0 Å². The molecule has 0 saturated carbocycles. The molecule has 0 heterocycles. The van der Waals surface area contributed by atoms with Crippen molar-refractivity contribution in [3.8, 4) is 5.75 Å². The van der Waals surface area contributed by atoms with Crippen molar-refractivity contribution in [1.29, 1.82) is 0 Å². The van der Waals surface area contributed by atoms with Crippen molar-refractivity contribution >= 4 is 11.8 Å². The Morgan fingerprint density at radius 1 is 0.417 bits per heavy atom. The summed E-state index contributed by atoms with van der Waals surface area (Å²) in [5.74, 6) is -1.01. The molecule has 1 aromatic rings. The largest absolute Gasteiger partial charge is 0.508 e. The number of nitrogens with one attached hydrogen (secondary N) is 2. The number of amides is 2. The van der Waals surface area contributed by atoms with Gasteiger partial charge in [-0.1, -0.05) is 218 Å². The van der Waals surface area contributed by atoms with Gasteiger partial charge in [-0.05, 0) is 24.1 Å². The van der Waals surface area contributed by atoms with Gasteiger partial charge in [0.2, 0.25) is 0 Å². The number of benzene rings is 1. The van der Waals surface area contributed by atoms with E-state index in [0.717, 1.165) is 18.4 Å². The van der Waals surface area contributed by atoms with Crippen molar-refractivity contribution in [2.75, 3.05) is 6.54 Å². The molecule has 1 aromatic carbocycles. The van der Waals surface area contributed by atoms with Crippen LogP contribution in [0.5, 0.6) is 5.75 Å². The zero-order valence-electron chi connectivity index (χ0n) is 31.6. The van der Waals surface area contributed by atoms with Gasteiger partial charge in [-0.3, -0.25) is 9.59 Å². The van der Waals surface area contributed by atoms with Gasteiger partial charge in [-0.25, -0.2) is 0 Å². The van der Waals surface area contributed by atoms with Crippen LogP contribution in [0.15, 0.2) is 24.3 Å². The average molecular weight is 671 g/mol. The molecule has 0 aliphatic heterocycles. The fourth-order valence-electron chi connectivity index (χ4n) is 6.66. The molecule has 278 valence electrons. The van der Waals surface area contributed by atoms with Crippen LogP contribution < -0.4 is 10.6 Å². The summed E-state index contributed by atoms with van der Waals surface area (Å²) >= 11 is 0. The summed E-state index contributed by atoms with van der Waals surface area (Å²) in [4.78, 5) is 23.8. The lowest BCUT2D eigenvalue weighted by atomic mass is 10.0. The van der Waals surface area contributed by atoms with Gasteiger partial charge in [-0.15, -0.1) is 0 Å². The van der Waals surface area contributed by atoms with Gasteiger partial charge >= 0.3 is 11.8 Å². The van der Waals surface area contributed by atoms with Gasteiger partial charge in [0.25, 0.3) is 0 Å². The Kier molecular flexibility index (Phi) is 31.9. The first-order valence-corrected chi connectivity index (χ1v) is 21.0. The van der Waals surface area contributed by atoms with Crippen molar-refractivity contribution < 1.29 is 14.7 Å². The summed E-state index contributed by atoms with van der Waals surface area (Å²) in [6, 6.07) is 6.56. The summed E-state index contributed by atoms with van der Waals surface area (Å²) in [7, 11) is 0. The zero-order chi connectivity index (χ0) is 34.6. The summed E-state index contributed by atoms with van der Waals surface area (Å²) < 4.78 is 0. The maximum absolute atomic E-state index is 11.9. The molecular weight excluding hydrogens is 592 g/mol. The maximum Gasteiger partial charge on any atom is 0.309 e. The van der Waals surface area contributed by atoms with Crippen molar-refractivity contribution in [1.82, 2.24) is 10.6 Å². The van der Waals surface area contributed by atoms with E-state index in [1.165, 1.54) is 193 Å². The number of unbranched alkanes of at least 4 members (excludes halogenated alkanes) is 31. The summed E-state index contributed by atoms with van der Waals surface area (Å²) in [5, 5.41) is 14.6. The van der Waals surface area contributed by atoms with Crippen LogP contribution in [0.1, 0.15) is 218 Å². The van der Waals surface area contributed by atoms with Crippen LogP contribution in [0.4, 0.5) is 0 Å². The van der Waals surface area contributed by atoms with E-state index in [9.17, 15) is 14.7 Å². The van der Waals surface area contributed by atoms with Gasteiger partial charge in [0.1, 0.15) is 5.75 Å². The van der Waals surface area contributed by atoms with Crippen LogP contribution in [0.25, 0.3) is 0 Å². The van der Waals surface area contributed by atoms with Crippen molar-refractivity contribution in [2.24, 2.45) is 0 Å². The molecule has 0 aromatic heterocycles. The predicted octanol–water partition coefficient (Wildman–Crippen LogP) is 12.6. The maximum atomic E-state index is 11.9. The predicted molar refractivity (Wildman–Crippen MR) is 206 cm³/mol. The summed E-state index contributed by atoms with van der Waals surface area (Å²) in [5.41, 5.74) is 0.838. The third kappa shape index (κ3) is 30.1. The smallest absolute Gasteiger partial charge is 0.309 e. The van der Waals surface area contributed by atoms with E-state index >= 15 is 0 Å². The Morgan fingerprint density at radius 2 is 0.688 bits per heavy atom. The van der Waals surface area contributed by atoms with E-state index in [0.29, 0.717) is 6.54 Å². The molecule has 5 heteroatoms. The van der Waals surface area contributed by atoms with Gasteiger partial charge in [-0.2, -0.15) is 0 Å². The minimum Gasteiger partial charge on any atom is -0.508 e. The number of hydrogen-bond acceptors (Lipinski definition) is 3. The first kappa shape index (κ1) is 44.0. The molecule has 48 heavy (non-hydrogen) atoms. The standard InChI is InChI=1S/C43H78N2O3/c1-2-3-4-5-6-7-8-9-10-11-12-13-14-15-16-17-18-19-20-21-22-23-24-25-26-27-28-29-30-31-32-33-38-44-42(47)43(48)45-39-40-34-36-41(46)37-35-40/h34-37,46H,2-33,38-39H2,1H3,(H,44,47)(H,45,48). The Balaban J connectivity index is 1.68. The zero-order valence-corrected chi connectivity index (χ0v) is 31.6. The summed E-state index contributed by atoms with van der Waals surface area (Å²) in [6.45, 7) is 3.12.